The number of hydrogen-bond acceptors (Lipinski definition) is 2. The van der Waals surface area contributed by atoms with Gasteiger partial charge in [0.05, 0.1) is 5.52 Å². The van der Waals surface area contributed by atoms with Crippen molar-refractivity contribution in [3.8, 4) is 0 Å². The fraction of sp³-hybridized carbons (Fsp3) is 0.0526. The normalized spacial score (nSPS) is 13.3. The molecule has 3 heteroatoms. The summed E-state index contributed by atoms with van der Waals surface area (Å²) < 4.78 is 2.30. The average Bonchev–Trinajstić information content (AvgIpc) is 2.84. The standard InChI is InChI=1S/C19H13NS2/c1-20-14-7-3-2-6-12(14)13-10-18-19(11-15(13)20)22-17-9-5-4-8-16(17)21-18/h2-11H,1H3. The van der Waals surface area contributed by atoms with Gasteiger partial charge in [-0.2, -0.15) is 0 Å². The summed E-state index contributed by atoms with van der Waals surface area (Å²) in [6.45, 7) is 0. The van der Waals surface area contributed by atoms with Crippen LogP contribution in [0.5, 0.6) is 0 Å². The summed E-state index contributed by atoms with van der Waals surface area (Å²) in [6.07, 6.45) is 0. The van der Waals surface area contributed by atoms with Crippen molar-refractivity contribution in [1.29, 1.82) is 0 Å². The zero-order valence-corrected chi connectivity index (χ0v) is 13.7. The number of nitrogens with zero attached hydrogens (tertiary/aromatic N) is 1. The highest BCUT2D eigenvalue weighted by Gasteiger charge is 2.19. The molecule has 2 heterocycles. The van der Waals surface area contributed by atoms with E-state index in [0.717, 1.165) is 0 Å². The molecule has 1 nitrogen and oxygen atoms in total. The second-order valence-corrected chi connectivity index (χ2v) is 7.71. The number of aromatic nitrogens is 1. The number of aryl methyl sites for hydroxylation is 1. The summed E-state index contributed by atoms with van der Waals surface area (Å²) in [5.74, 6) is 0. The molecule has 0 atom stereocenters. The maximum atomic E-state index is 2.36. The van der Waals surface area contributed by atoms with Gasteiger partial charge in [0.15, 0.2) is 0 Å². The fourth-order valence-corrected chi connectivity index (χ4v) is 5.45. The molecule has 0 aliphatic carbocycles. The Labute approximate surface area is 137 Å². The predicted molar refractivity (Wildman–Crippen MR) is 95.1 cm³/mol. The van der Waals surface area contributed by atoms with Gasteiger partial charge in [0.1, 0.15) is 0 Å². The molecule has 22 heavy (non-hydrogen) atoms. The zero-order valence-electron chi connectivity index (χ0n) is 12.0. The van der Waals surface area contributed by atoms with Crippen LogP contribution in [0.25, 0.3) is 21.8 Å². The summed E-state index contributed by atoms with van der Waals surface area (Å²) in [6, 6.07) is 22.0. The maximum absolute atomic E-state index is 2.36. The van der Waals surface area contributed by atoms with E-state index in [4.69, 9.17) is 0 Å². The molecule has 0 spiro atoms. The lowest BCUT2D eigenvalue weighted by Gasteiger charge is -2.18. The molecule has 1 aliphatic heterocycles. The SMILES string of the molecule is Cn1c2ccccc2c2cc3c(cc21)Sc1ccccc1S3. The van der Waals surface area contributed by atoms with Crippen molar-refractivity contribution >= 4 is 45.3 Å². The van der Waals surface area contributed by atoms with Gasteiger partial charge in [0, 0.05) is 42.9 Å². The quantitative estimate of drug-likeness (QED) is 0.347. The van der Waals surface area contributed by atoms with Gasteiger partial charge in [-0.3, -0.25) is 0 Å². The number of fused-ring (bicyclic) bond motifs is 5. The molecule has 0 unspecified atom stereocenters. The molecule has 106 valence electrons. The van der Waals surface area contributed by atoms with Crippen molar-refractivity contribution in [2.24, 2.45) is 7.05 Å². The maximum Gasteiger partial charge on any atom is 0.0500 e. The van der Waals surface area contributed by atoms with Crippen LogP contribution in [0, 0.1) is 0 Å². The van der Waals surface area contributed by atoms with E-state index in [0.29, 0.717) is 0 Å². The van der Waals surface area contributed by atoms with Gasteiger partial charge in [-0.05, 0) is 30.3 Å². The highest BCUT2D eigenvalue weighted by Crippen LogP contribution is 2.50. The second-order valence-electron chi connectivity index (χ2n) is 5.54. The van der Waals surface area contributed by atoms with Gasteiger partial charge >= 0.3 is 0 Å². The molecule has 4 aromatic rings. The molecule has 0 bridgehead atoms. The number of rotatable bonds is 0. The lowest BCUT2D eigenvalue weighted by molar-refractivity contribution is 1.01. The minimum absolute atomic E-state index is 1.30. The smallest absolute Gasteiger partial charge is 0.0500 e. The van der Waals surface area contributed by atoms with Crippen LogP contribution in [0.4, 0.5) is 0 Å². The van der Waals surface area contributed by atoms with Crippen LogP contribution in [0.1, 0.15) is 0 Å². The minimum atomic E-state index is 1.30. The Bertz CT molecular complexity index is 1050. The van der Waals surface area contributed by atoms with Crippen LogP contribution in [0.2, 0.25) is 0 Å². The minimum Gasteiger partial charge on any atom is -0.344 e. The number of para-hydroxylation sites is 1. The molecule has 0 saturated carbocycles. The first-order valence-electron chi connectivity index (χ1n) is 7.27. The first kappa shape index (κ1) is 12.7. The molecular formula is C19H13NS2. The Balaban J connectivity index is 1.82. The highest BCUT2D eigenvalue weighted by molar-refractivity contribution is 8.05. The lowest BCUT2D eigenvalue weighted by atomic mass is 10.1. The third kappa shape index (κ3) is 1.70. The van der Waals surface area contributed by atoms with Gasteiger partial charge in [0.25, 0.3) is 0 Å². The predicted octanol–water partition coefficient (Wildman–Crippen LogP) is 5.95. The Hall–Kier alpha value is -1.84. The third-order valence-corrected chi connectivity index (χ3v) is 6.79. The molecule has 0 amide bonds. The van der Waals surface area contributed by atoms with Crippen molar-refractivity contribution in [2.45, 2.75) is 19.6 Å². The average molecular weight is 319 g/mol. The van der Waals surface area contributed by atoms with Gasteiger partial charge in [0.2, 0.25) is 0 Å². The van der Waals surface area contributed by atoms with Crippen molar-refractivity contribution in [3.05, 3.63) is 60.7 Å². The number of benzene rings is 3. The lowest BCUT2D eigenvalue weighted by Crippen LogP contribution is -1.91. The first-order chi connectivity index (χ1) is 10.8. The van der Waals surface area contributed by atoms with E-state index in [2.05, 4.69) is 72.3 Å². The van der Waals surface area contributed by atoms with E-state index < -0.39 is 0 Å². The highest BCUT2D eigenvalue weighted by atomic mass is 32.2. The van der Waals surface area contributed by atoms with E-state index in [1.165, 1.54) is 41.4 Å². The number of hydrogen-bond donors (Lipinski definition) is 0. The van der Waals surface area contributed by atoms with Crippen molar-refractivity contribution in [2.75, 3.05) is 0 Å². The van der Waals surface area contributed by atoms with Gasteiger partial charge < -0.3 is 4.57 Å². The van der Waals surface area contributed by atoms with Crippen LogP contribution in [0.3, 0.4) is 0 Å². The molecule has 5 rings (SSSR count). The zero-order chi connectivity index (χ0) is 14.7. The largest absolute Gasteiger partial charge is 0.344 e. The molecule has 0 N–H and O–H groups in total. The topological polar surface area (TPSA) is 4.93 Å². The van der Waals surface area contributed by atoms with Crippen LogP contribution in [0.15, 0.2) is 80.2 Å². The monoisotopic (exact) mass is 319 g/mol. The molecule has 0 radical (unpaired) electrons. The van der Waals surface area contributed by atoms with Crippen molar-refractivity contribution < 1.29 is 0 Å². The Morgan fingerprint density at radius 2 is 1.27 bits per heavy atom. The summed E-state index contributed by atoms with van der Waals surface area (Å²) in [7, 11) is 2.16. The van der Waals surface area contributed by atoms with Crippen molar-refractivity contribution in [3.63, 3.8) is 0 Å². The summed E-state index contributed by atoms with van der Waals surface area (Å²) >= 11 is 3.77. The fourth-order valence-electron chi connectivity index (χ4n) is 3.18. The van der Waals surface area contributed by atoms with Crippen LogP contribution < -0.4 is 0 Å². The Kier molecular flexibility index (Phi) is 2.64. The van der Waals surface area contributed by atoms with Crippen LogP contribution in [-0.4, -0.2) is 4.57 Å². The summed E-state index contributed by atoms with van der Waals surface area (Å²) in [4.78, 5) is 5.45. The van der Waals surface area contributed by atoms with E-state index in [1.807, 2.05) is 23.5 Å². The van der Waals surface area contributed by atoms with E-state index in [1.54, 1.807) is 0 Å². The van der Waals surface area contributed by atoms with E-state index in [-0.39, 0.29) is 0 Å². The molecule has 1 aromatic heterocycles. The van der Waals surface area contributed by atoms with Crippen LogP contribution in [-0.2, 0) is 7.05 Å². The van der Waals surface area contributed by atoms with Gasteiger partial charge in [-0.1, -0.05) is 53.9 Å². The van der Waals surface area contributed by atoms with E-state index >= 15 is 0 Å². The Morgan fingerprint density at radius 3 is 2.05 bits per heavy atom. The molecule has 1 aliphatic rings. The van der Waals surface area contributed by atoms with Crippen molar-refractivity contribution in [1.82, 2.24) is 4.57 Å². The molecule has 0 saturated heterocycles. The van der Waals surface area contributed by atoms with Gasteiger partial charge in [-0.25, -0.2) is 0 Å². The third-order valence-electron chi connectivity index (χ3n) is 4.27. The second kappa shape index (κ2) is 4.58. The summed E-state index contributed by atoms with van der Waals surface area (Å²) in [5, 5.41) is 2.69. The molecule has 3 aromatic carbocycles. The first-order valence-corrected chi connectivity index (χ1v) is 8.90. The Morgan fingerprint density at radius 1 is 0.636 bits per heavy atom. The summed E-state index contributed by atoms with van der Waals surface area (Å²) in [5.41, 5.74) is 2.61. The van der Waals surface area contributed by atoms with E-state index in [9.17, 15) is 0 Å². The molecular weight excluding hydrogens is 306 g/mol. The van der Waals surface area contributed by atoms with Gasteiger partial charge in [-0.15, -0.1) is 0 Å². The molecule has 0 fully saturated rings. The van der Waals surface area contributed by atoms with Crippen LogP contribution >= 0.6 is 23.5 Å².